The highest BCUT2D eigenvalue weighted by atomic mass is 16.3. The van der Waals surface area contributed by atoms with Crippen LogP contribution >= 0.6 is 0 Å². The van der Waals surface area contributed by atoms with Crippen molar-refractivity contribution in [2.24, 2.45) is 0 Å². The van der Waals surface area contributed by atoms with Gasteiger partial charge in [0, 0.05) is 30.9 Å². The van der Waals surface area contributed by atoms with Crippen LogP contribution in [0.5, 0.6) is 0 Å². The maximum Gasteiger partial charge on any atom is 0.264 e. The normalized spacial score (nSPS) is 19.7. The molecule has 150 valence electrons. The number of anilines is 2. The zero-order chi connectivity index (χ0) is 20.2. The Morgan fingerprint density at radius 3 is 2.34 bits per heavy atom. The number of rotatable bonds is 4. The summed E-state index contributed by atoms with van der Waals surface area (Å²) in [6.07, 6.45) is 3.86. The van der Waals surface area contributed by atoms with Crippen LogP contribution in [0.15, 0.2) is 65.9 Å². The number of nitrogens with one attached hydrogen (secondary N) is 2. The number of benzene rings is 2. The number of amides is 2. The van der Waals surface area contributed by atoms with Gasteiger partial charge >= 0.3 is 0 Å². The summed E-state index contributed by atoms with van der Waals surface area (Å²) in [4.78, 5) is 27.4. The molecule has 6 nitrogen and oxygen atoms in total. The molecule has 2 aromatic carbocycles. The fourth-order valence-corrected chi connectivity index (χ4v) is 3.93. The first-order valence-electron chi connectivity index (χ1n) is 10.1. The first-order valence-corrected chi connectivity index (χ1v) is 10.1. The van der Waals surface area contributed by atoms with E-state index in [4.69, 9.17) is 0 Å². The summed E-state index contributed by atoms with van der Waals surface area (Å²) in [7, 11) is 0. The van der Waals surface area contributed by atoms with Gasteiger partial charge in [-0.3, -0.25) is 9.59 Å². The Morgan fingerprint density at radius 1 is 1.00 bits per heavy atom. The van der Waals surface area contributed by atoms with E-state index in [-0.39, 0.29) is 23.8 Å². The average molecular weight is 391 g/mol. The standard InChI is InChI=1S/C23H25N3O3/c27-20-15-19(16-7-3-1-4-8-16)25-23(29)21(20)22(28)24-17-9-11-18(12-10-17)26-13-5-2-6-14-26/h1,3-4,7-12,19,27H,2,5-6,13-15H2,(H,24,28)(H,25,29). The molecule has 0 radical (unpaired) electrons. The Balaban J connectivity index is 1.44. The molecule has 1 saturated heterocycles. The average Bonchev–Trinajstić information content (AvgIpc) is 2.75. The molecule has 6 heteroatoms. The Bertz CT molecular complexity index is 916. The Labute approximate surface area is 170 Å². The number of carbonyl (C=O) groups excluding carboxylic acids is 2. The van der Waals surface area contributed by atoms with Crippen molar-refractivity contribution >= 4 is 23.2 Å². The molecule has 29 heavy (non-hydrogen) atoms. The van der Waals surface area contributed by atoms with Crippen molar-refractivity contribution in [2.75, 3.05) is 23.3 Å². The molecule has 1 atom stereocenters. The maximum absolute atomic E-state index is 12.6. The van der Waals surface area contributed by atoms with Crippen LogP contribution in [0.1, 0.15) is 37.3 Å². The monoisotopic (exact) mass is 391 g/mol. The molecule has 0 saturated carbocycles. The molecule has 2 amide bonds. The van der Waals surface area contributed by atoms with Gasteiger partial charge in [0.1, 0.15) is 11.3 Å². The predicted octanol–water partition coefficient (Wildman–Crippen LogP) is 3.69. The largest absolute Gasteiger partial charge is 0.511 e. The van der Waals surface area contributed by atoms with Crippen molar-refractivity contribution < 1.29 is 14.7 Å². The molecule has 2 aliphatic heterocycles. The summed E-state index contributed by atoms with van der Waals surface area (Å²) in [5.74, 6) is -1.35. The zero-order valence-corrected chi connectivity index (χ0v) is 16.2. The van der Waals surface area contributed by atoms with E-state index in [1.54, 1.807) is 0 Å². The number of hydrogen-bond donors (Lipinski definition) is 3. The minimum absolute atomic E-state index is 0.187. The van der Waals surface area contributed by atoms with Gasteiger partial charge in [-0.25, -0.2) is 0 Å². The summed E-state index contributed by atoms with van der Waals surface area (Å²) in [5.41, 5.74) is 2.39. The fraction of sp³-hybridized carbons (Fsp3) is 0.304. The van der Waals surface area contributed by atoms with Crippen LogP contribution in [0, 0.1) is 0 Å². The first-order chi connectivity index (χ1) is 14.1. The number of carbonyl (C=O) groups is 2. The van der Waals surface area contributed by atoms with Gasteiger partial charge in [0.15, 0.2) is 0 Å². The third-order valence-electron chi connectivity index (χ3n) is 5.49. The highest BCUT2D eigenvalue weighted by Gasteiger charge is 2.32. The van der Waals surface area contributed by atoms with Gasteiger partial charge in [0.25, 0.3) is 11.8 Å². The lowest BCUT2D eigenvalue weighted by atomic mass is 9.96. The van der Waals surface area contributed by atoms with Gasteiger partial charge in [0.05, 0.1) is 6.04 Å². The van der Waals surface area contributed by atoms with Crippen LogP contribution in [-0.2, 0) is 9.59 Å². The van der Waals surface area contributed by atoms with E-state index in [0.29, 0.717) is 5.69 Å². The van der Waals surface area contributed by atoms with E-state index >= 15 is 0 Å². The van der Waals surface area contributed by atoms with Crippen LogP contribution in [0.3, 0.4) is 0 Å². The van der Waals surface area contributed by atoms with Gasteiger partial charge in [-0.1, -0.05) is 30.3 Å². The van der Waals surface area contributed by atoms with Gasteiger partial charge < -0.3 is 20.6 Å². The van der Waals surface area contributed by atoms with Crippen molar-refractivity contribution in [3.05, 3.63) is 71.5 Å². The molecule has 2 heterocycles. The second-order valence-corrected chi connectivity index (χ2v) is 7.51. The summed E-state index contributed by atoms with van der Waals surface area (Å²) in [6.45, 7) is 2.10. The van der Waals surface area contributed by atoms with Crippen LogP contribution in [0.25, 0.3) is 0 Å². The number of aliphatic hydroxyl groups excluding tert-OH is 1. The molecule has 2 aliphatic rings. The highest BCUT2D eigenvalue weighted by molar-refractivity contribution is 6.23. The van der Waals surface area contributed by atoms with Gasteiger partial charge in [0.2, 0.25) is 0 Å². The Kier molecular flexibility index (Phi) is 5.51. The van der Waals surface area contributed by atoms with Crippen molar-refractivity contribution in [3.63, 3.8) is 0 Å². The van der Waals surface area contributed by atoms with Gasteiger partial charge in [-0.15, -0.1) is 0 Å². The van der Waals surface area contributed by atoms with E-state index in [1.165, 1.54) is 19.3 Å². The van der Waals surface area contributed by atoms with Crippen LogP contribution in [-0.4, -0.2) is 30.0 Å². The summed E-state index contributed by atoms with van der Waals surface area (Å²) >= 11 is 0. The van der Waals surface area contributed by atoms with Crippen LogP contribution in [0.2, 0.25) is 0 Å². The summed E-state index contributed by atoms with van der Waals surface area (Å²) in [6, 6.07) is 16.7. The molecule has 0 aliphatic carbocycles. The molecular formula is C23H25N3O3. The minimum Gasteiger partial charge on any atom is -0.511 e. The topological polar surface area (TPSA) is 81.7 Å². The highest BCUT2D eigenvalue weighted by Crippen LogP contribution is 2.27. The minimum atomic E-state index is -0.600. The lowest BCUT2D eigenvalue weighted by molar-refractivity contribution is -0.123. The SMILES string of the molecule is O=C(Nc1ccc(N2CCCCC2)cc1)C1=C(O)CC(c2ccccc2)NC1=O. The molecular weight excluding hydrogens is 366 g/mol. The van der Waals surface area contributed by atoms with Crippen molar-refractivity contribution in [3.8, 4) is 0 Å². The predicted molar refractivity (Wildman–Crippen MR) is 113 cm³/mol. The molecule has 0 spiro atoms. The lowest BCUT2D eigenvalue weighted by Gasteiger charge is -2.29. The van der Waals surface area contributed by atoms with Crippen molar-refractivity contribution in [2.45, 2.75) is 31.7 Å². The molecule has 2 aromatic rings. The van der Waals surface area contributed by atoms with E-state index in [0.717, 1.165) is 24.3 Å². The zero-order valence-electron chi connectivity index (χ0n) is 16.2. The quantitative estimate of drug-likeness (QED) is 0.695. The van der Waals surface area contributed by atoms with Gasteiger partial charge in [-0.05, 0) is 49.1 Å². The van der Waals surface area contributed by atoms with Crippen LogP contribution < -0.4 is 15.5 Å². The molecule has 4 rings (SSSR count). The second kappa shape index (κ2) is 8.39. The molecule has 1 unspecified atom stereocenters. The van der Waals surface area contributed by atoms with E-state index in [2.05, 4.69) is 15.5 Å². The Morgan fingerprint density at radius 2 is 1.69 bits per heavy atom. The van der Waals surface area contributed by atoms with Crippen molar-refractivity contribution in [1.82, 2.24) is 5.32 Å². The molecule has 0 aromatic heterocycles. The molecule has 0 bridgehead atoms. The maximum atomic E-state index is 12.6. The second-order valence-electron chi connectivity index (χ2n) is 7.51. The van der Waals surface area contributed by atoms with E-state index in [1.807, 2.05) is 54.6 Å². The smallest absolute Gasteiger partial charge is 0.264 e. The lowest BCUT2D eigenvalue weighted by Crippen LogP contribution is -2.39. The fourth-order valence-electron chi connectivity index (χ4n) is 3.93. The molecule has 1 fully saturated rings. The van der Waals surface area contributed by atoms with E-state index < -0.39 is 11.8 Å². The number of hydrogen-bond acceptors (Lipinski definition) is 4. The van der Waals surface area contributed by atoms with Crippen LogP contribution in [0.4, 0.5) is 11.4 Å². The molecule has 3 N–H and O–H groups in total. The number of aliphatic hydroxyl groups is 1. The number of nitrogens with zero attached hydrogens (tertiary/aromatic N) is 1. The Hall–Kier alpha value is -3.28. The number of piperidine rings is 1. The van der Waals surface area contributed by atoms with E-state index in [9.17, 15) is 14.7 Å². The third-order valence-corrected chi connectivity index (χ3v) is 5.49. The third kappa shape index (κ3) is 4.26. The van der Waals surface area contributed by atoms with Crippen molar-refractivity contribution in [1.29, 1.82) is 0 Å². The summed E-state index contributed by atoms with van der Waals surface area (Å²) in [5, 5.41) is 15.9. The van der Waals surface area contributed by atoms with Gasteiger partial charge in [-0.2, -0.15) is 0 Å². The summed E-state index contributed by atoms with van der Waals surface area (Å²) < 4.78 is 0. The first kappa shape index (κ1) is 19.1.